The quantitative estimate of drug-likeness (QED) is 0.862. The fourth-order valence-electron chi connectivity index (χ4n) is 4.03. The van der Waals surface area contributed by atoms with Gasteiger partial charge in [-0.05, 0) is 48.1 Å². The van der Waals surface area contributed by atoms with E-state index in [4.69, 9.17) is 22.1 Å². The average Bonchev–Trinajstić information content (AvgIpc) is 2.32. The number of carbonyl (C=O) groups is 1. The van der Waals surface area contributed by atoms with Gasteiger partial charge in [0.25, 0.3) is 0 Å². The molecule has 0 aromatic heterocycles. The lowest BCUT2D eigenvalue weighted by Gasteiger charge is -2.72. The molecule has 19 heavy (non-hydrogen) atoms. The second-order valence-corrected chi connectivity index (χ2v) is 6.57. The zero-order valence-electron chi connectivity index (χ0n) is 11.0. The number of benzene rings is 1. The normalized spacial score (nSPS) is 33.0. The molecule has 102 valence electrons. The van der Waals surface area contributed by atoms with Gasteiger partial charge in [-0.15, -0.1) is 0 Å². The highest BCUT2D eigenvalue weighted by Gasteiger charge is 2.70. The minimum absolute atomic E-state index is 0.00561. The third-order valence-corrected chi connectivity index (χ3v) is 5.19. The summed E-state index contributed by atoms with van der Waals surface area (Å²) in [5, 5.41) is 0.832. The Morgan fingerprint density at radius 1 is 1.42 bits per heavy atom. The third kappa shape index (κ3) is 1.87. The van der Waals surface area contributed by atoms with Crippen molar-refractivity contribution in [1.29, 1.82) is 0 Å². The number of nitrogens with two attached hydrogens (primary N) is 1. The van der Waals surface area contributed by atoms with Crippen molar-refractivity contribution in [3.05, 3.63) is 34.9 Å². The maximum absolute atomic E-state index is 11.5. The van der Waals surface area contributed by atoms with Crippen LogP contribution in [0.3, 0.4) is 0 Å². The van der Waals surface area contributed by atoms with E-state index in [0.29, 0.717) is 5.41 Å². The molecule has 4 heteroatoms. The maximum Gasteiger partial charge on any atom is 0.323 e. The first-order valence-electron chi connectivity index (χ1n) is 6.57. The summed E-state index contributed by atoms with van der Waals surface area (Å²) in [5.74, 6) is -0.286. The highest BCUT2D eigenvalue weighted by Crippen LogP contribution is 2.75. The Morgan fingerprint density at radius 2 is 2.05 bits per heavy atom. The third-order valence-electron chi connectivity index (χ3n) is 4.82. The summed E-state index contributed by atoms with van der Waals surface area (Å²) in [6.45, 7) is 0. The van der Waals surface area contributed by atoms with Crippen LogP contribution in [0.1, 0.15) is 24.8 Å². The summed E-state index contributed by atoms with van der Waals surface area (Å²) in [4.78, 5) is 11.5. The van der Waals surface area contributed by atoms with Gasteiger partial charge in [-0.1, -0.05) is 29.8 Å². The van der Waals surface area contributed by atoms with Crippen LogP contribution in [-0.2, 0) is 16.0 Å². The number of halogens is 1. The molecule has 0 radical (unpaired) electrons. The van der Waals surface area contributed by atoms with Crippen molar-refractivity contribution in [3.8, 4) is 0 Å². The van der Waals surface area contributed by atoms with Crippen molar-refractivity contribution in [2.75, 3.05) is 7.11 Å². The Bertz CT molecular complexity index is 509. The van der Waals surface area contributed by atoms with Gasteiger partial charge in [-0.2, -0.15) is 0 Å². The average molecular weight is 280 g/mol. The first kappa shape index (κ1) is 12.9. The Balaban J connectivity index is 1.65. The SMILES string of the molecule is COC(=O)C(N)C12CC(Cc3ccccc3Cl)(C1)C2. The van der Waals surface area contributed by atoms with E-state index in [0.717, 1.165) is 30.7 Å². The Morgan fingerprint density at radius 3 is 2.63 bits per heavy atom. The van der Waals surface area contributed by atoms with E-state index >= 15 is 0 Å². The van der Waals surface area contributed by atoms with Gasteiger partial charge in [0, 0.05) is 5.02 Å². The molecule has 2 bridgehead atoms. The summed E-state index contributed by atoms with van der Waals surface area (Å²) in [7, 11) is 1.40. The molecule has 1 atom stereocenters. The van der Waals surface area contributed by atoms with Gasteiger partial charge in [-0.3, -0.25) is 4.79 Å². The summed E-state index contributed by atoms with van der Waals surface area (Å²) in [5.41, 5.74) is 7.50. The van der Waals surface area contributed by atoms with Crippen LogP contribution < -0.4 is 5.73 Å². The number of rotatable bonds is 4. The minimum atomic E-state index is -0.467. The van der Waals surface area contributed by atoms with Gasteiger partial charge in [0.05, 0.1) is 7.11 Å². The molecular formula is C15H18ClNO2. The van der Waals surface area contributed by atoms with Gasteiger partial charge in [0.2, 0.25) is 0 Å². The van der Waals surface area contributed by atoms with Crippen molar-refractivity contribution in [2.45, 2.75) is 31.7 Å². The van der Waals surface area contributed by atoms with Crippen LogP contribution in [0.2, 0.25) is 5.02 Å². The van der Waals surface area contributed by atoms with Crippen molar-refractivity contribution >= 4 is 17.6 Å². The molecule has 3 aliphatic carbocycles. The number of carbonyl (C=O) groups excluding carboxylic acids is 1. The molecule has 4 rings (SSSR count). The molecule has 3 fully saturated rings. The van der Waals surface area contributed by atoms with E-state index in [-0.39, 0.29) is 11.4 Å². The van der Waals surface area contributed by atoms with Gasteiger partial charge in [-0.25, -0.2) is 0 Å². The predicted octanol–water partition coefficient (Wildman–Crippen LogP) is 2.55. The van der Waals surface area contributed by atoms with Crippen LogP contribution in [0.5, 0.6) is 0 Å². The van der Waals surface area contributed by atoms with Crippen LogP contribution in [0.25, 0.3) is 0 Å². The van der Waals surface area contributed by atoms with Crippen LogP contribution in [0, 0.1) is 10.8 Å². The number of hydrogen-bond donors (Lipinski definition) is 1. The molecule has 1 aromatic carbocycles. The minimum Gasteiger partial charge on any atom is -0.468 e. The van der Waals surface area contributed by atoms with Crippen LogP contribution >= 0.6 is 11.6 Å². The lowest BCUT2D eigenvalue weighted by Crippen LogP contribution is -2.71. The van der Waals surface area contributed by atoms with Crippen molar-refractivity contribution < 1.29 is 9.53 Å². The number of esters is 1. The largest absolute Gasteiger partial charge is 0.468 e. The van der Waals surface area contributed by atoms with Crippen molar-refractivity contribution in [1.82, 2.24) is 0 Å². The second-order valence-electron chi connectivity index (χ2n) is 6.16. The van der Waals surface area contributed by atoms with Crippen molar-refractivity contribution in [3.63, 3.8) is 0 Å². The standard InChI is InChI=1S/C15H18ClNO2/c1-19-13(18)12(17)15-7-14(8-15,9-15)6-10-4-2-3-5-11(10)16/h2-5,12H,6-9,17H2,1H3. The maximum atomic E-state index is 11.5. The first-order valence-corrected chi connectivity index (χ1v) is 6.95. The monoisotopic (exact) mass is 279 g/mol. The first-order chi connectivity index (χ1) is 9.00. The van der Waals surface area contributed by atoms with E-state index in [1.54, 1.807) is 0 Å². The zero-order valence-corrected chi connectivity index (χ0v) is 11.7. The lowest BCUT2D eigenvalue weighted by molar-refractivity contribution is -0.220. The highest BCUT2D eigenvalue weighted by atomic mass is 35.5. The fourth-order valence-corrected chi connectivity index (χ4v) is 4.23. The second kappa shape index (κ2) is 4.22. The topological polar surface area (TPSA) is 52.3 Å². The molecule has 0 saturated heterocycles. The van der Waals surface area contributed by atoms with Gasteiger partial charge >= 0.3 is 5.97 Å². The number of hydrogen-bond acceptors (Lipinski definition) is 3. The molecule has 0 spiro atoms. The summed E-state index contributed by atoms with van der Waals surface area (Å²) < 4.78 is 4.74. The molecule has 3 saturated carbocycles. The molecule has 0 aliphatic heterocycles. The van der Waals surface area contributed by atoms with E-state index in [1.807, 2.05) is 18.2 Å². The molecule has 3 nitrogen and oxygen atoms in total. The van der Waals surface area contributed by atoms with Gasteiger partial charge < -0.3 is 10.5 Å². The molecule has 3 aliphatic rings. The Kier molecular flexibility index (Phi) is 2.88. The van der Waals surface area contributed by atoms with E-state index in [2.05, 4.69) is 6.07 Å². The number of methoxy groups -OCH3 is 1. The predicted molar refractivity (Wildman–Crippen MR) is 73.9 cm³/mol. The smallest absolute Gasteiger partial charge is 0.323 e. The van der Waals surface area contributed by atoms with Crippen molar-refractivity contribution in [2.24, 2.45) is 16.6 Å². The molecular weight excluding hydrogens is 262 g/mol. The Labute approximate surface area is 118 Å². The summed E-state index contributed by atoms with van der Waals surface area (Å²) in [6.07, 6.45) is 4.03. The van der Waals surface area contributed by atoms with Gasteiger partial charge in [0.15, 0.2) is 0 Å². The molecule has 0 heterocycles. The van der Waals surface area contributed by atoms with E-state index in [9.17, 15) is 4.79 Å². The number of ether oxygens (including phenoxy) is 1. The lowest BCUT2D eigenvalue weighted by atomic mass is 9.32. The molecule has 1 unspecified atom stereocenters. The molecule has 0 amide bonds. The van der Waals surface area contributed by atoms with E-state index < -0.39 is 6.04 Å². The van der Waals surface area contributed by atoms with Crippen LogP contribution in [-0.4, -0.2) is 19.1 Å². The Hall–Kier alpha value is -1.06. The highest BCUT2D eigenvalue weighted by molar-refractivity contribution is 6.31. The van der Waals surface area contributed by atoms with Crippen LogP contribution in [0.15, 0.2) is 24.3 Å². The zero-order chi connectivity index (χ0) is 13.7. The fraction of sp³-hybridized carbons (Fsp3) is 0.533. The summed E-state index contributed by atoms with van der Waals surface area (Å²) >= 11 is 6.20. The summed E-state index contributed by atoms with van der Waals surface area (Å²) in [6, 6.07) is 7.50. The molecule has 1 aromatic rings. The van der Waals surface area contributed by atoms with E-state index in [1.165, 1.54) is 12.7 Å². The van der Waals surface area contributed by atoms with Crippen LogP contribution in [0.4, 0.5) is 0 Å². The molecule has 2 N–H and O–H groups in total. The van der Waals surface area contributed by atoms with Gasteiger partial charge in [0.1, 0.15) is 6.04 Å².